The maximum atomic E-state index is 14.7. The molecule has 0 amide bonds. The van der Waals surface area contributed by atoms with E-state index in [9.17, 15) is 9.18 Å². The number of hydrogen-bond donors (Lipinski definition) is 1. The van der Waals surface area contributed by atoms with Gasteiger partial charge in [-0.1, -0.05) is 29.3 Å². The van der Waals surface area contributed by atoms with Crippen LogP contribution in [0.5, 0.6) is 0 Å². The van der Waals surface area contributed by atoms with E-state index in [2.05, 4.69) is 5.32 Å². The van der Waals surface area contributed by atoms with Crippen molar-refractivity contribution in [2.75, 3.05) is 18.5 Å². The van der Waals surface area contributed by atoms with Crippen LogP contribution in [0.15, 0.2) is 47.4 Å². The summed E-state index contributed by atoms with van der Waals surface area (Å²) in [6.07, 6.45) is 2.25. The molecule has 1 aromatic heterocycles. The van der Waals surface area contributed by atoms with Gasteiger partial charge >= 0.3 is 0 Å². The first kappa shape index (κ1) is 18.3. The van der Waals surface area contributed by atoms with E-state index in [0.717, 1.165) is 5.39 Å². The number of fused-ring (bicyclic) bond motifs is 1. The molecule has 0 bridgehead atoms. The number of halogens is 3. The van der Waals surface area contributed by atoms with Crippen molar-refractivity contribution in [2.24, 2.45) is 7.05 Å². The van der Waals surface area contributed by atoms with E-state index in [0.29, 0.717) is 24.1 Å². The highest BCUT2D eigenvalue weighted by Gasteiger charge is 2.41. The van der Waals surface area contributed by atoms with E-state index < -0.39 is 11.4 Å². The van der Waals surface area contributed by atoms with E-state index in [1.165, 1.54) is 16.7 Å². The summed E-state index contributed by atoms with van der Waals surface area (Å²) in [6.45, 7) is 0.708. The van der Waals surface area contributed by atoms with Gasteiger partial charge in [0.15, 0.2) is 0 Å². The Morgan fingerprint density at radius 2 is 2.04 bits per heavy atom. The van der Waals surface area contributed by atoms with Gasteiger partial charge in [-0.05, 0) is 35.7 Å². The fourth-order valence-electron chi connectivity index (χ4n) is 3.58. The van der Waals surface area contributed by atoms with Crippen LogP contribution in [0.4, 0.5) is 10.1 Å². The number of aromatic nitrogens is 1. The highest BCUT2D eigenvalue weighted by atomic mass is 35.5. The Kier molecular flexibility index (Phi) is 4.62. The summed E-state index contributed by atoms with van der Waals surface area (Å²) in [4.78, 5) is 12.4. The first-order valence-electron chi connectivity index (χ1n) is 8.51. The molecule has 0 saturated carbocycles. The van der Waals surface area contributed by atoms with Crippen LogP contribution in [-0.4, -0.2) is 17.8 Å². The second-order valence-electron chi connectivity index (χ2n) is 6.76. The number of ether oxygens (including phenoxy) is 1. The predicted molar refractivity (Wildman–Crippen MR) is 106 cm³/mol. The zero-order chi connectivity index (χ0) is 19.2. The molecule has 1 aliphatic heterocycles. The maximum absolute atomic E-state index is 14.7. The van der Waals surface area contributed by atoms with Crippen molar-refractivity contribution in [1.29, 1.82) is 0 Å². The molecule has 4 rings (SSSR count). The molecule has 1 saturated heterocycles. The zero-order valence-corrected chi connectivity index (χ0v) is 16.1. The van der Waals surface area contributed by atoms with Gasteiger partial charge in [-0.2, -0.15) is 0 Å². The number of hydrogen-bond acceptors (Lipinski definition) is 3. The standard InChI is InChI=1S/C20H17Cl2FN2O2/c1-25-8-6-12-2-3-13(10-14(12)19(25)26)24-20(7-9-27-11-20)17-16(23)5-4-15(21)18(17)22/h2-6,8,10,24H,7,9,11H2,1H3. The molecular formula is C20H17Cl2FN2O2. The lowest BCUT2D eigenvalue weighted by molar-refractivity contribution is 0.181. The minimum Gasteiger partial charge on any atom is -0.379 e. The zero-order valence-electron chi connectivity index (χ0n) is 14.6. The molecule has 4 nitrogen and oxygen atoms in total. The summed E-state index contributed by atoms with van der Waals surface area (Å²) in [5, 5.41) is 5.24. The summed E-state index contributed by atoms with van der Waals surface area (Å²) >= 11 is 12.5. The summed E-state index contributed by atoms with van der Waals surface area (Å²) in [6, 6.07) is 10.1. The van der Waals surface area contributed by atoms with Crippen LogP contribution in [0.25, 0.3) is 10.8 Å². The van der Waals surface area contributed by atoms with Crippen molar-refractivity contribution >= 4 is 39.7 Å². The molecule has 1 N–H and O–H groups in total. The fourth-order valence-corrected chi connectivity index (χ4v) is 4.07. The van der Waals surface area contributed by atoms with Crippen molar-refractivity contribution < 1.29 is 9.13 Å². The van der Waals surface area contributed by atoms with Crippen molar-refractivity contribution in [3.63, 3.8) is 0 Å². The van der Waals surface area contributed by atoms with Crippen molar-refractivity contribution in [3.05, 3.63) is 74.4 Å². The molecule has 7 heteroatoms. The predicted octanol–water partition coefficient (Wildman–Crippen LogP) is 4.71. The molecule has 27 heavy (non-hydrogen) atoms. The van der Waals surface area contributed by atoms with Crippen LogP contribution in [0.1, 0.15) is 12.0 Å². The highest BCUT2D eigenvalue weighted by molar-refractivity contribution is 6.42. The second-order valence-corrected chi connectivity index (χ2v) is 7.55. The molecular weight excluding hydrogens is 390 g/mol. The van der Waals surface area contributed by atoms with Crippen LogP contribution >= 0.6 is 23.2 Å². The van der Waals surface area contributed by atoms with Gasteiger partial charge in [0, 0.05) is 42.9 Å². The number of benzene rings is 2. The van der Waals surface area contributed by atoms with Crippen LogP contribution in [0.3, 0.4) is 0 Å². The summed E-state index contributed by atoms with van der Waals surface area (Å²) in [7, 11) is 1.70. The van der Waals surface area contributed by atoms with E-state index >= 15 is 0 Å². The van der Waals surface area contributed by atoms with Gasteiger partial charge in [-0.25, -0.2) is 4.39 Å². The summed E-state index contributed by atoms with van der Waals surface area (Å²) in [5.74, 6) is -0.445. The molecule has 3 aromatic rings. The SMILES string of the molecule is Cn1ccc2ccc(NC3(c4c(F)ccc(Cl)c4Cl)CCOC3)cc2c1=O. The monoisotopic (exact) mass is 406 g/mol. The van der Waals surface area contributed by atoms with E-state index in [-0.39, 0.29) is 27.8 Å². The van der Waals surface area contributed by atoms with Gasteiger partial charge in [0.2, 0.25) is 0 Å². The Balaban J connectivity index is 1.84. The van der Waals surface area contributed by atoms with Gasteiger partial charge in [-0.15, -0.1) is 0 Å². The molecule has 1 atom stereocenters. The van der Waals surface area contributed by atoms with Crippen LogP contribution < -0.4 is 10.9 Å². The fraction of sp³-hybridized carbons (Fsp3) is 0.250. The quantitative estimate of drug-likeness (QED) is 0.640. The minimum atomic E-state index is -0.861. The van der Waals surface area contributed by atoms with Gasteiger partial charge in [0.05, 0.1) is 22.2 Å². The third-order valence-corrected chi connectivity index (χ3v) is 5.81. The molecule has 1 aliphatic rings. The van der Waals surface area contributed by atoms with Crippen LogP contribution in [-0.2, 0) is 17.3 Å². The number of aryl methyl sites for hydroxylation is 1. The molecule has 0 spiro atoms. The number of nitrogens with zero attached hydrogens (tertiary/aromatic N) is 1. The lowest BCUT2D eigenvalue weighted by Gasteiger charge is -2.32. The van der Waals surface area contributed by atoms with E-state index in [1.807, 2.05) is 18.2 Å². The average Bonchev–Trinajstić information content (AvgIpc) is 3.11. The van der Waals surface area contributed by atoms with E-state index in [1.54, 1.807) is 19.3 Å². The Morgan fingerprint density at radius 3 is 2.78 bits per heavy atom. The number of anilines is 1. The smallest absolute Gasteiger partial charge is 0.258 e. The third kappa shape index (κ3) is 3.10. The molecule has 2 aromatic carbocycles. The van der Waals surface area contributed by atoms with Gasteiger partial charge in [-0.3, -0.25) is 4.79 Å². The number of rotatable bonds is 3. The van der Waals surface area contributed by atoms with Crippen molar-refractivity contribution in [3.8, 4) is 0 Å². The minimum absolute atomic E-state index is 0.0974. The largest absolute Gasteiger partial charge is 0.379 e. The average molecular weight is 407 g/mol. The van der Waals surface area contributed by atoms with Gasteiger partial charge in [0.25, 0.3) is 5.56 Å². The molecule has 2 heterocycles. The lowest BCUT2D eigenvalue weighted by atomic mass is 9.88. The van der Waals surface area contributed by atoms with Gasteiger partial charge in [0.1, 0.15) is 5.82 Å². The number of nitrogens with one attached hydrogen (secondary N) is 1. The third-order valence-electron chi connectivity index (χ3n) is 5.01. The summed E-state index contributed by atoms with van der Waals surface area (Å²) < 4.78 is 21.8. The van der Waals surface area contributed by atoms with Gasteiger partial charge < -0.3 is 14.6 Å². The maximum Gasteiger partial charge on any atom is 0.258 e. The van der Waals surface area contributed by atoms with Crippen LogP contribution in [0.2, 0.25) is 10.0 Å². The van der Waals surface area contributed by atoms with Crippen LogP contribution in [0, 0.1) is 5.82 Å². The van der Waals surface area contributed by atoms with Crippen molar-refractivity contribution in [1.82, 2.24) is 4.57 Å². The molecule has 0 aliphatic carbocycles. The first-order chi connectivity index (χ1) is 12.9. The van der Waals surface area contributed by atoms with Crippen molar-refractivity contribution in [2.45, 2.75) is 12.0 Å². The summed E-state index contributed by atoms with van der Waals surface area (Å²) in [5.41, 5.74) is 0.0153. The topological polar surface area (TPSA) is 43.3 Å². The molecule has 140 valence electrons. The van der Waals surface area contributed by atoms with E-state index in [4.69, 9.17) is 27.9 Å². The second kappa shape index (κ2) is 6.82. The first-order valence-corrected chi connectivity index (χ1v) is 9.26. The molecule has 1 unspecified atom stereocenters. The Labute approximate surface area is 165 Å². The molecule has 0 radical (unpaired) electrons. The Hall–Kier alpha value is -2.08. The Morgan fingerprint density at radius 1 is 1.22 bits per heavy atom. The number of pyridine rings is 1. The highest BCUT2D eigenvalue weighted by Crippen LogP contribution is 2.42. The Bertz CT molecular complexity index is 1090. The molecule has 1 fully saturated rings. The lowest BCUT2D eigenvalue weighted by Crippen LogP contribution is -2.37. The normalized spacial score (nSPS) is 19.6.